The van der Waals surface area contributed by atoms with Crippen molar-refractivity contribution in [3.05, 3.63) is 29.3 Å². The predicted octanol–water partition coefficient (Wildman–Crippen LogP) is 2.46. The molecule has 1 aromatic rings. The Morgan fingerprint density at radius 2 is 2.11 bits per heavy atom. The van der Waals surface area contributed by atoms with Gasteiger partial charge in [0.15, 0.2) is 0 Å². The zero-order chi connectivity index (χ0) is 13.7. The van der Waals surface area contributed by atoms with Crippen molar-refractivity contribution < 1.29 is 4.79 Å². The van der Waals surface area contributed by atoms with E-state index in [1.54, 1.807) is 0 Å². The number of carbonyl (C=O) groups is 1. The third kappa shape index (κ3) is 1.96. The molecule has 1 spiro atoms. The zero-order valence-corrected chi connectivity index (χ0v) is 12.0. The number of fused-ring (bicyclic) bond motifs is 2. The van der Waals surface area contributed by atoms with E-state index in [9.17, 15) is 4.79 Å². The van der Waals surface area contributed by atoms with E-state index in [1.165, 1.54) is 11.1 Å². The van der Waals surface area contributed by atoms with E-state index in [-0.39, 0.29) is 16.7 Å². The molecule has 0 aromatic heterocycles. The molecule has 0 saturated carbocycles. The molecule has 3 nitrogen and oxygen atoms in total. The summed E-state index contributed by atoms with van der Waals surface area (Å²) in [4.78, 5) is 12.4. The lowest BCUT2D eigenvalue weighted by molar-refractivity contribution is -0.120. The minimum atomic E-state index is -0.322. The first-order valence-corrected chi connectivity index (χ1v) is 7.07. The second kappa shape index (κ2) is 4.07. The van der Waals surface area contributed by atoms with Crippen molar-refractivity contribution >= 4 is 11.6 Å². The first kappa shape index (κ1) is 12.7. The molecule has 1 saturated heterocycles. The minimum Gasteiger partial charge on any atom is -0.325 e. The molecular formula is C16H22N2O. The van der Waals surface area contributed by atoms with Gasteiger partial charge in [-0.1, -0.05) is 32.9 Å². The van der Waals surface area contributed by atoms with Crippen LogP contribution in [0.3, 0.4) is 0 Å². The first-order valence-electron chi connectivity index (χ1n) is 7.07. The van der Waals surface area contributed by atoms with Gasteiger partial charge in [0.05, 0.1) is 5.41 Å². The number of hydrogen-bond donors (Lipinski definition) is 2. The Morgan fingerprint density at radius 3 is 2.74 bits per heavy atom. The van der Waals surface area contributed by atoms with E-state index in [2.05, 4.69) is 43.5 Å². The topological polar surface area (TPSA) is 41.1 Å². The first-order chi connectivity index (χ1) is 8.92. The highest BCUT2D eigenvalue weighted by molar-refractivity contribution is 6.07. The van der Waals surface area contributed by atoms with Gasteiger partial charge in [-0.05, 0) is 42.0 Å². The molecule has 2 heterocycles. The maximum absolute atomic E-state index is 12.4. The van der Waals surface area contributed by atoms with Gasteiger partial charge in [-0.2, -0.15) is 0 Å². The van der Waals surface area contributed by atoms with Crippen molar-refractivity contribution in [2.24, 2.45) is 5.41 Å². The SMILES string of the molecule is CC(C)(C)Cc1cccc2c1C1(CCNC1)C(=O)N2. The van der Waals surface area contributed by atoms with Crippen molar-refractivity contribution in [3.63, 3.8) is 0 Å². The van der Waals surface area contributed by atoms with Gasteiger partial charge in [0.1, 0.15) is 0 Å². The van der Waals surface area contributed by atoms with Crippen LogP contribution in [0, 0.1) is 5.41 Å². The van der Waals surface area contributed by atoms with E-state index < -0.39 is 0 Å². The number of anilines is 1. The maximum Gasteiger partial charge on any atom is 0.236 e. The predicted molar refractivity (Wildman–Crippen MR) is 77.4 cm³/mol. The lowest BCUT2D eigenvalue weighted by Crippen LogP contribution is -2.37. The summed E-state index contributed by atoms with van der Waals surface area (Å²) in [5.74, 6) is 0.175. The van der Waals surface area contributed by atoms with Crippen LogP contribution in [-0.4, -0.2) is 19.0 Å². The lowest BCUT2D eigenvalue weighted by atomic mass is 9.75. The molecule has 3 heteroatoms. The lowest BCUT2D eigenvalue weighted by Gasteiger charge is -2.26. The van der Waals surface area contributed by atoms with E-state index in [1.807, 2.05) is 6.07 Å². The van der Waals surface area contributed by atoms with Gasteiger partial charge in [0.25, 0.3) is 0 Å². The third-order valence-electron chi connectivity index (χ3n) is 4.19. The molecule has 1 amide bonds. The molecule has 2 aliphatic heterocycles. The van der Waals surface area contributed by atoms with E-state index in [4.69, 9.17) is 0 Å². The van der Waals surface area contributed by atoms with Crippen molar-refractivity contribution in [2.75, 3.05) is 18.4 Å². The van der Waals surface area contributed by atoms with Gasteiger partial charge < -0.3 is 10.6 Å². The molecule has 1 aromatic carbocycles. The zero-order valence-electron chi connectivity index (χ0n) is 12.0. The fraction of sp³-hybridized carbons (Fsp3) is 0.562. The molecule has 0 bridgehead atoms. The van der Waals surface area contributed by atoms with Crippen LogP contribution < -0.4 is 10.6 Å². The Hall–Kier alpha value is -1.35. The summed E-state index contributed by atoms with van der Waals surface area (Å²) >= 11 is 0. The van der Waals surface area contributed by atoms with E-state index in [0.29, 0.717) is 0 Å². The van der Waals surface area contributed by atoms with E-state index >= 15 is 0 Å². The van der Waals surface area contributed by atoms with Crippen molar-refractivity contribution in [1.29, 1.82) is 0 Å². The molecule has 2 N–H and O–H groups in total. The van der Waals surface area contributed by atoms with Gasteiger partial charge >= 0.3 is 0 Å². The van der Waals surface area contributed by atoms with Gasteiger partial charge in [-0.3, -0.25) is 4.79 Å². The number of rotatable bonds is 1. The standard InChI is InChI=1S/C16H22N2O/c1-15(2,3)9-11-5-4-6-12-13(11)16(14(19)18-12)7-8-17-10-16/h4-6,17H,7-10H2,1-3H3,(H,18,19). The molecule has 102 valence electrons. The van der Waals surface area contributed by atoms with Gasteiger partial charge in [-0.25, -0.2) is 0 Å². The molecule has 2 aliphatic rings. The van der Waals surface area contributed by atoms with Crippen molar-refractivity contribution in [3.8, 4) is 0 Å². The third-order valence-corrected chi connectivity index (χ3v) is 4.19. The molecule has 0 aliphatic carbocycles. The van der Waals surface area contributed by atoms with Gasteiger partial charge in [0, 0.05) is 12.2 Å². The highest BCUT2D eigenvalue weighted by Crippen LogP contribution is 2.45. The smallest absolute Gasteiger partial charge is 0.236 e. The van der Waals surface area contributed by atoms with Crippen LogP contribution in [0.15, 0.2) is 18.2 Å². The fourth-order valence-corrected chi connectivity index (χ4v) is 3.44. The molecule has 1 atom stereocenters. The van der Waals surface area contributed by atoms with Crippen LogP contribution in [0.2, 0.25) is 0 Å². The molecule has 19 heavy (non-hydrogen) atoms. The van der Waals surface area contributed by atoms with Gasteiger partial charge in [-0.15, -0.1) is 0 Å². The fourth-order valence-electron chi connectivity index (χ4n) is 3.44. The second-order valence-corrected chi connectivity index (χ2v) is 7.04. The number of benzene rings is 1. The molecule has 0 radical (unpaired) electrons. The maximum atomic E-state index is 12.4. The Labute approximate surface area is 114 Å². The Morgan fingerprint density at radius 1 is 1.32 bits per heavy atom. The minimum absolute atomic E-state index is 0.175. The Balaban J connectivity index is 2.11. The number of amides is 1. The van der Waals surface area contributed by atoms with Crippen LogP contribution in [0.25, 0.3) is 0 Å². The Kier molecular flexibility index (Phi) is 2.72. The quantitative estimate of drug-likeness (QED) is 0.812. The summed E-state index contributed by atoms with van der Waals surface area (Å²) in [6.07, 6.45) is 1.92. The number of nitrogens with one attached hydrogen (secondary N) is 2. The van der Waals surface area contributed by atoms with Crippen LogP contribution in [0.1, 0.15) is 38.3 Å². The highest BCUT2D eigenvalue weighted by Gasteiger charge is 2.49. The van der Waals surface area contributed by atoms with Crippen LogP contribution >= 0.6 is 0 Å². The second-order valence-electron chi connectivity index (χ2n) is 7.04. The van der Waals surface area contributed by atoms with Crippen LogP contribution in [-0.2, 0) is 16.6 Å². The van der Waals surface area contributed by atoms with Crippen molar-refractivity contribution in [1.82, 2.24) is 5.32 Å². The van der Waals surface area contributed by atoms with Crippen LogP contribution in [0.5, 0.6) is 0 Å². The average Bonchev–Trinajstić information content (AvgIpc) is 2.86. The summed E-state index contributed by atoms with van der Waals surface area (Å²) < 4.78 is 0. The van der Waals surface area contributed by atoms with E-state index in [0.717, 1.165) is 31.6 Å². The monoisotopic (exact) mass is 258 g/mol. The van der Waals surface area contributed by atoms with Gasteiger partial charge in [0.2, 0.25) is 5.91 Å². The molecular weight excluding hydrogens is 236 g/mol. The number of carbonyl (C=O) groups excluding carboxylic acids is 1. The summed E-state index contributed by atoms with van der Waals surface area (Å²) in [5, 5.41) is 6.43. The average molecular weight is 258 g/mol. The molecule has 3 rings (SSSR count). The van der Waals surface area contributed by atoms with Crippen molar-refractivity contribution in [2.45, 2.75) is 39.0 Å². The largest absolute Gasteiger partial charge is 0.325 e. The molecule has 1 fully saturated rings. The number of hydrogen-bond acceptors (Lipinski definition) is 2. The normalized spacial score (nSPS) is 25.7. The Bertz CT molecular complexity index is 522. The highest BCUT2D eigenvalue weighted by atomic mass is 16.2. The summed E-state index contributed by atoms with van der Waals surface area (Å²) in [7, 11) is 0. The molecule has 1 unspecified atom stereocenters. The summed E-state index contributed by atoms with van der Waals surface area (Å²) in [6.45, 7) is 8.44. The van der Waals surface area contributed by atoms with Crippen LogP contribution in [0.4, 0.5) is 5.69 Å². The summed E-state index contributed by atoms with van der Waals surface area (Å²) in [6, 6.07) is 6.28. The summed E-state index contributed by atoms with van der Waals surface area (Å²) in [5.41, 5.74) is 3.51.